The summed E-state index contributed by atoms with van der Waals surface area (Å²) in [5.41, 5.74) is 0.160. The van der Waals surface area contributed by atoms with Gasteiger partial charge in [-0.05, 0) is 25.1 Å². The number of hydrogen-bond acceptors (Lipinski definition) is 8. The summed E-state index contributed by atoms with van der Waals surface area (Å²) in [6.07, 6.45) is 0. The van der Waals surface area contributed by atoms with Crippen molar-refractivity contribution in [3.63, 3.8) is 0 Å². The van der Waals surface area contributed by atoms with Crippen molar-refractivity contribution in [2.24, 2.45) is 0 Å². The number of esters is 1. The lowest BCUT2D eigenvalue weighted by atomic mass is 10.1. The molecule has 2 aromatic heterocycles. The number of hydrogen-bond donors (Lipinski definition) is 2. The van der Waals surface area contributed by atoms with Crippen molar-refractivity contribution in [1.82, 2.24) is 14.3 Å². The molecule has 0 saturated heterocycles. The van der Waals surface area contributed by atoms with Crippen molar-refractivity contribution >= 4 is 49.3 Å². The predicted molar refractivity (Wildman–Crippen MR) is 121 cm³/mol. The lowest BCUT2D eigenvalue weighted by molar-refractivity contribution is 0.0605. The molecule has 3 aromatic rings. The third-order valence-corrected chi connectivity index (χ3v) is 7.89. The van der Waals surface area contributed by atoms with Gasteiger partial charge in [0.05, 0.1) is 23.3 Å². The minimum Gasteiger partial charge on any atom is -0.465 e. The molecule has 0 aliphatic heterocycles. The predicted octanol–water partition coefficient (Wildman–Crippen LogP) is 2.36. The smallest absolute Gasteiger partial charge is 0.350 e. The molecule has 1 aromatic carbocycles. The zero-order valence-electron chi connectivity index (χ0n) is 17.9. The number of fused-ring (bicyclic) bond motifs is 1. The van der Waals surface area contributed by atoms with Gasteiger partial charge < -0.3 is 9.72 Å². The van der Waals surface area contributed by atoms with Gasteiger partial charge in [-0.25, -0.2) is 18.2 Å². The number of pyridine rings is 1. The van der Waals surface area contributed by atoms with Gasteiger partial charge in [0.2, 0.25) is 15.6 Å². The van der Waals surface area contributed by atoms with Crippen LogP contribution in [-0.2, 0) is 14.8 Å². The van der Waals surface area contributed by atoms with Crippen LogP contribution in [0.25, 0.3) is 10.9 Å². The molecule has 32 heavy (non-hydrogen) atoms. The maximum absolute atomic E-state index is 13.0. The zero-order chi connectivity index (χ0) is 23.6. The number of aromatic amines is 1. The second-order valence-electron chi connectivity index (χ2n) is 6.72. The number of nitrogens with one attached hydrogen (secondary N) is 2. The Balaban J connectivity index is 2.07. The van der Waals surface area contributed by atoms with E-state index in [9.17, 15) is 22.8 Å². The van der Waals surface area contributed by atoms with Crippen molar-refractivity contribution in [3.8, 4) is 0 Å². The molecule has 3 rings (SSSR count). The maximum Gasteiger partial charge on any atom is 0.350 e. The van der Waals surface area contributed by atoms with Gasteiger partial charge in [-0.2, -0.15) is 4.31 Å². The highest BCUT2D eigenvalue weighted by molar-refractivity contribution is 7.89. The summed E-state index contributed by atoms with van der Waals surface area (Å²) in [5.74, 6) is -1.24. The molecule has 170 valence electrons. The SMILES string of the molecule is CCN(CC)S(=O)(=O)c1ccc2[nH]c(=O)cc(C(=O)Nc3nc(C)c(C(=O)OC)s3)c2c1. The molecule has 12 heteroatoms. The largest absolute Gasteiger partial charge is 0.465 e. The molecule has 0 aliphatic rings. The highest BCUT2D eigenvalue weighted by Crippen LogP contribution is 2.26. The van der Waals surface area contributed by atoms with E-state index in [0.29, 0.717) is 24.3 Å². The molecule has 0 saturated carbocycles. The number of thiazole rings is 1. The second kappa shape index (κ2) is 9.18. The summed E-state index contributed by atoms with van der Waals surface area (Å²) in [4.78, 5) is 43.9. The number of H-pyrrole nitrogens is 1. The van der Waals surface area contributed by atoms with Gasteiger partial charge in [-0.15, -0.1) is 0 Å². The Kier molecular flexibility index (Phi) is 6.77. The van der Waals surface area contributed by atoms with Crippen LogP contribution in [0.2, 0.25) is 0 Å². The lowest BCUT2D eigenvalue weighted by Gasteiger charge is -2.18. The highest BCUT2D eigenvalue weighted by atomic mass is 32.2. The quantitative estimate of drug-likeness (QED) is 0.497. The van der Waals surface area contributed by atoms with E-state index in [1.54, 1.807) is 20.8 Å². The average molecular weight is 479 g/mol. The fraction of sp³-hybridized carbons (Fsp3) is 0.300. The number of sulfonamides is 1. The molecular formula is C20H22N4O6S2. The van der Waals surface area contributed by atoms with E-state index in [-0.39, 0.29) is 25.9 Å². The molecule has 0 aliphatic carbocycles. The van der Waals surface area contributed by atoms with E-state index in [2.05, 4.69) is 20.0 Å². The van der Waals surface area contributed by atoms with Gasteiger partial charge in [-0.3, -0.25) is 14.9 Å². The first-order valence-electron chi connectivity index (χ1n) is 9.66. The molecule has 2 heterocycles. The van der Waals surface area contributed by atoms with E-state index < -0.39 is 27.5 Å². The molecular weight excluding hydrogens is 456 g/mol. The number of anilines is 1. The number of benzene rings is 1. The van der Waals surface area contributed by atoms with Gasteiger partial charge >= 0.3 is 5.97 Å². The monoisotopic (exact) mass is 478 g/mol. The zero-order valence-corrected chi connectivity index (χ0v) is 19.5. The van der Waals surface area contributed by atoms with E-state index >= 15 is 0 Å². The van der Waals surface area contributed by atoms with Gasteiger partial charge in [-0.1, -0.05) is 25.2 Å². The Morgan fingerprint density at radius 1 is 1.22 bits per heavy atom. The first-order chi connectivity index (χ1) is 15.1. The second-order valence-corrected chi connectivity index (χ2v) is 9.66. The summed E-state index contributed by atoms with van der Waals surface area (Å²) in [5, 5.41) is 2.98. The summed E-state index contributed by atoms with van der Waals surface area (Å²) < 4.78 is 31.8. The van der Waals surface area contributed by atoms with Crippen LogP contribution >= 0.6 is 11.3 Å². The Hall–Kier alpha value is -3.09. The van der Waals surface area contributed by atoms with E-state index in [0.717, 1.165) is 17.4 Å². The van der Waals surface area contributed by atoms with Crippen LogP contribution in [0, 0.1) is 6.92 Å². The van der Waals surface area contributed by atoms with Gasteiger partial charge in [0.15, 0.2) is 5.13 Å². The molecule has 0 unspecified atom stereocenters. The van der Waals surface area contributed by atoms with Crippen molar-refractivity contribution in [2.45, 2.75) is 25.7 Å². The van der Waals surface area contributed by atoms with Crippen LogP contribution in [0.1, 0.15) is 39.6 Å². The number of rotatable bonds is 7. The first kappa shape index (κ1) is 23.6. The topological polar surface area (TPSA) is 139 Å². The normalized spacial score (nSPS) is 11.7. The summed E-state index contributed by atoms with van der Waals surface area (Å²) in [6, 6.07) is 5.29. The Morgan fingerprint density at radius 3 is 2.53 bits per heavy atom. The maximum atomic E-state index is 13.0. The number of ether oxygens (including phenoxy) is 1. The lowest BCUT2D eigenvalue weighted by Crippen LogP contribution is -2.30. The molecule has 1 amide bonds. The van der Waals surface area contributed by atoms with Crippen LogP contribution in [-0.4, -0.2) is 54.8 Å². The molecule has 2 N–H and O–H groups in total. The van der Waals surface area contributed by atoms with E-state index in [4.69, 9.17) is 0 Å². The highest BCUT2D eigenvalue weighted by Gasteiger charge is 2.24. The Bertz CT molecular complexity index is 1360. The number of aromatic nitrogens is 2. The molecule has 0 spiro atoms. The number of nitrogens with zero attached hydrogens (tertiary/aromatic N) is 2. The van der Waals surface area contributed by atoms with Crippen molar-refractivity contribution in [3.05, 3.63) is 50.8 Å². The number of aryl methyl sites for hydroxylation is 1. The van der Waals surface area contributed by atoms with Crippen LogP contribution in [0.15, 0.2) is 34.0 Å². The minimum atomic E-state index is -3.77. The third-order valence-electron chi connectivity index (χ3n) is 4.79. The fourth-order valence-corrected chi connectivity index (χ4v) is 5.55. The Labute approximate surface area is 188 Å². The van der Waals surface area contributed by atoms with Gasteiger partial charge in [0.25, 0.3) is 5.91 Å². The van der Waals surface area contributed by atoms with Crippen molar-refractivity contribution in [2.75, 3.05) is 25.5 Å². The van der Waals surface area contributed by atoms with Gasteiger partial charge in [0.1, 0.15) is 4.88 Å². The van der Waals surface area contributed by atoms with Crippen LogP contribution in [0.4, 0.5) is 5.13 Å². The number of carbonyl (C=O) groups is 2. The van der Waals surface area contributed by atoms with Crippen LogP contribution in [0.5, 0.6) is 0 Å². The molecule has 0 bridgehead atoms. The Morgan fingerprint density at radius 2 is 1.91 bits per heavy atom. The van der Waals surface area contributed by atoms with E-state index in [1.165, 1.54) is 29.6 Å². The fourth-order valence-electron chi connectivity index (χ4n) is 3.19. The van der Waals surface area contributed by atoms with Crippen LogP contribution < -0.4 is 10.9 Å². The molecule has 0 atom stereocenters. The van der Waals surface area contributed by atoms with Crippen molar-refractivity contribution < 1.29 is 22.7 Å². The van der Waals surface area contributed by atoms with Crippen LogP contribution in [0.3, 0.4) is 0 Å². The minimum absolute atomic E-state index is 0.00729. The standard InChI is InChI=1S/C20H22N4O6S2/c1-5-24(6-2)32(28,29)12-7-8-15-13(9-12)14(10-16(25)22-15)18(26)23-20-21-11(3)17(31-20)19(27)30-4/h7-10H,5-6H2,1-4H3,(H,22,25)(H,21,23,26). The third kappa shape index (κ3) is 4.42. The van der Waals surface area contributed by atoms with Gasteiger partial charge in [0, 0.05) is 30.1 Å². The van der Waals surface area contributed by atoms with Crippen molar-refractivity contribution in [1.29, 1.82) is 0 Å². The molecule has 0 fully saturated rings. The first-order valence-corrected chi connectivity index (χ1v) is 11.9. The molecule has 0 radical (unpaired) electrons. The number of carbonyl (C=O) groups excluding carboxylic acids is 2. The average Bonchev–Trinajstić information content (AvgIpc) is 3.12. The van der Waals surface area contributed by atoms with E-state index in [1.807, 2.05) is 0 Å². The molecule has 10 nitrogen and oxygen atoms in total. The number of methoxy groups -OCH3 is 1. The summed E-state index contributed by atoms with van der Waals surface area (Å²) >= 11 is 0.936. The summed E-state index contributed by atoms with van der Waals surface area (Å²) in [6.45, 7) is 5.66. The number of amides is 1. The summed E-state index contributed by atoms with van der Waals surface area (Å²) in [7, 11) is -2.53.